The molecule has 0 aromatic heterocycles. The third kappa shape index (κ3) is 5.97. The van der Waals surface area contributed by atoms with Crippen molar-refractivity contribution in [2.45, 2.75) is 25.3 Å². The zero-order valence-electron chi connectivity index (χ0n) is 11.3. The minimum atomic E-state index is -3.73. The van der Waals surface area contributed by atoms with E-state index in [4.69, 9.17) is 5.14 Å². The van der Waals surface area contributed by atoms with Crippen molar-refractivity contribution in [1.29, 1.82) is 0 Å². The molecular weight excluding hydrogens is 302 g/mol. The Morgan fingerprint density at radius 1 is 1.05 bits per heavy atom. The Bertz CT molecular complexity index is 637. The number of hydrogen-bond donors (Lipinski definition) is 3. The predicted octanol–water partition coefficient (Wildman–Crippen LogP) is -0.0860. The average molecular weight is 321 g/mol. The summed E-state index contributed by atoms with van der Waals surface area (Å²) in [4.78, 5) is -0.0120. The number of hydrogen-bond acceptors (Lipinski definition) is 4. The van der Waals surface area contributed by atoms with Gasteiger partial charge in [-0.1, -0.05) is 26.0 Å². The molecule has 0 saturated heterocycles. The molecule has 20 heavy (non-hydrogen) atoms. The quantitative estimate of drug-likeness (QED) is 0.650. The van der Waals surface area contributed by atoms with Crippen molar-refractivity contribution in [2.75, 3.05) is 6.54 Å². The first-order valence-electron chi connectivity index (χ1n) is 5.96. The summed E-state index contributed by atoms with van der Waals surface area (Å²) in [5.41, 5.74) is 0.632. The highest BCUT2D eigenvalue weighted by molar-refractivity contribution is 7.89. The van der Waals surface area contributed by atoms with Gasteiger partial charge in [0.05, 0.1) is 4.90 Å². The van der Waals surface area contributed by atoms with Crippen LogP contribution in [-0.4, -0.2) is 23.4 Å². The number of sulfonamides is 1. The molecule has 0 atom stereocenters. The first kappa shape index (κ1) is 17.1. The standard InChI is InChI=1S/C11H19N3O4S2/c1-9(2)7-13-20(17,18)14-8-10-3-5-11(6-4-10)19(12,15)16/h3-6,9,13-14H,7-8H2,1-2H3,(H2,12,15,16). The minimum absolute atomic E-state index is 0.0120. The van der Waals surface area contributed by atoms with Crippen LogP contribution in [0.4, 0.5) is 0 Å². The highest BCUT2D eigenvalue weighted by Crippen LogP contribution is 2.08. The van der Waals surface area contributed by atoms with E-state index in [1.54, 1.807) is 0 Å². The van der Waals surface area contributed by atoms with Gasteiger partial charge in [-0.3, -0.25) is 0 Å². The Labute approximate surface area is 119 Å². The molecule has 9 heteroatoms. The van der Waals surface area contributed by atoms with Gasteiger partial charge in [-0.05, 0) is 23.6 Å². The second kappa shape index (κ2) is 6.64. The minimum Gasteiger partial charge on any atom is -0.225 e. The topological polar surface area (TPSA) is 118 Å². The van der Waals surface area contributed by atoms with Crippen LogP contribution in [0.3, 0.4) is 0 Å². The largest absolute Gasteiger partial charge is 0.277 e. The van der Waals surface area contributed by atoms with Gasteiger partial charge in [-0.15, -0.1) is 0 Å². The van der Waals surface area contributed by atoms with E-state index in [0.717, 1.165) is 0 Å². The first-order chi connectivity index (χ1) is 9.10. The summed E-state index contributed by atoms with van der Waals surface area (Å²) in [7, 11) is -7.29. The van der Waals surface area contributed by atoms with Gasteiger partial charge in [0.1, 0.15) is 0 Å². The van der Waals surface area contributed by atoms with E-state index in [1.165, 1.54) is 24.3 Å². The maximum Gasteiger partial charge on any atom is 0.277 e. The van der Waals surface area contributed by atoms with E-state index in [2.05, 4.69) is 9.44 Å². The first-order valence-corrected chi connectivity index (χ1v) is 8.99. The summed E-state index contributed by atoms with van der Waals surface area (Å²) >= 11 is 0. The van der Waals surface area contributed by atoms with Crippen molar-refractivity contribution in [3.8, 4) is 0 Å². The second-order valence-corrected chi connectivity index (χ2v) is 7.90. The van der Waals surface area contributed by atoms with E-state index < -0.39 is 20.2 Å². The fraction of sp³-hybridized carbons (Fsp3) is 0.455. The second-order valence-electron chi connectivity index (χ2n) is 4.76. The molecule has 0 aliphatic carbocycles. The van der Waals surface area contributed by atoms with E-state index >= 15 is 0 Å². The van der Waals surface area contributed by atoms with Gasteiger partial charge < -0.3 is 0 Å². The molecule has 7 nitrogen and oxygen atoms in total. The summed E-state index contributed by atoms with van der Waals surface area (Å²) in [5.74, 6) is 0.209. The van der Waals surface area contributed by atoms with E-state index in [9.17, 15) is 16.8 Å². The van der Waals surface area contributed by atoms with Gasteiger partial charge in [-0.2, -0.15) is 13.1 Å². The maximum atomic E-state index is 11.6. The highest BCUT2D eigenvalue weighted by atomic mass is 32.2. The smallest absolute Gasteiger partial charge is 0.225 e. The van der Waals surface area contributed by atoms with Crippen LogP contribution in [0.1, 0.15) is 19.4 Å². The van der Waals surface area contributed by atoms with Crippen molar-refractivity contribution in [2.24, 2.45) is 11.1 Å². The SMILES string of the molecule is CC(C)CNS(=O)(=O)NCc1ccc(S(N)(=O)=O)cc1. The molecule has 1 aromatic rings. The van der Waals surface area contributed by atoms with Crippen LogP contribution in [0.15, 0.2) is 29.2 Å². The van der Waals surface area contributed by atoms with Crippen LogP contribution in [0, 0.1) is 5.92 Å². The van der Waals surface area contributed by atoms with Gasteiger partial charge in [0, 0.05) is 13.1 Å². The molecular formula is C11H19N3O4S2. The summed E-state index contributed by atoms with van der Waals surface area (Å²) in [6.45, 7) is 4.21. The molecule has 0 heterocycles. The fourth-order valence-electron chi connectivity index (χ4n) is 1.30. The molecule has 0 radical (unpaired) electrons. The lowest BCUT2D eigenvalue weighted by Crippen LogP contribution is -2.37. The lowest BCUT2D eigenvalue weighted by molar-refractivity contribution is 0.547. The lowest BCUT2D eigenvalue weighted by atomic mass is 10.2. The molecule has 0 unspecified atom stereocenters. The number of nitrogens with one attached hydrogen (secondary N) is 2. The molecule has 0 bridgehead atoms. The van der Waals surface area contributed by atoms with Gasteiger partial charge in [0.15, 0.2) is 0 Å². The Kier molecular flexibility index (Phi) is 5.66. The molecule has 0 fully saturated rings. The fourth-order valence-corrected chi connectivity index (χ4v) is 2.83. The summed E-state index contributed by atoms with van der Waals surface area (Å²) in [5, 5.41) is 4.97. The lowest BCUT2D eigenvalue weighted by Gasteiger charge is -2.10. The number of nitrogens with two attached hydrogens (primary N) is 1. The van der Waals surface area contributed by atoms with Crippen LogP contribution < -0.4 is 14.6 Å². The maximum absolute atomic E-state index is 11.6. The van der Waals surface area contributed by atoms with Crippen LogP contribution >= 0.6 is 0 Å². The Balaban J connectivity index is 2.62. The zero-order chi connectivity index (χ0) is 15.4. The van der Waals surface area contributed by atoms with Gasteiger partial charge >= 0.3 is 0 Å². The van der Waals surface area contributed by atoms with Gasteiger partial charge in [0.2, 0.25) is 10.0 Å². The summed E-state index contributed by atoms with van der Waals surface area (Å²) < 4.78 is 50.1. The highest BCUT2D eigenvalue weighted by Gasteiger charge is 2.10. The van der Waals surface area contributed by atoms with Crippen LogP contribution in [0.5, 0.6) is 0 Å². The number of primary sulfonamides is 1. The third-order valence-electron chi connectivity index (χ3n) is 2.40. The van der Waals surface area contributed by atoms with Crippen molar-refractivity contribution in [3.63, 3.8) is 0 Å². The number of rotatable bonds is 7. The van der Waals surface area contributed by atoms with Crippen molar-refractivity contribution < 1.29 is 16.8 Å². The van der Waals surface area contributed by atoms with Crippen LogP contribution in [-0.2, 0) is 26.8 Å². The van der Waals surface area contributed by atoms with E-state index in [0.29, 0.717) is 12.1 Å². The third-order valence-corrected chi connectivity index (χ3v) is 4.40. The summed E-state index contributed by atoms with van der Waals surface area (Å²) in [6.07, 6.45) is 0. The Morgan fingerprint density at radius 2 is 1.60 bits per heavy atom. The Hall–Kier alpha value is -1.00. The monoisotopic (exact) mass is 321 g/mol. The van der Waals surface area contributed by atoms with Crippen molar-refractivity contribution >= 4 is 20.2 Å². The van der Waals surface area contributed by atoms with Crippen LogP contribution in [0.2, 0.25) is 0 Å². The molecule has 114 valence electrons. The Morgan fingerprint density at radius 3 is 2.05 bits per heavy atom. The molecule has 1 rings (SSSR count). The average Bonchev–Trinajstić information content (AvgIpc) is 2.34. The summed E-state index contributed by atoms with van der Waals surface area (Å²) in [6, 6.07) is 5.68. The number of benzene rings is 1. The van der Waals surface area contributed by atoms with Gasteiger partial charge in [-0.25, -0.2) is 18.3 Å². The molecule has 0 amide bonds. The van der Waals surface area contributed by atoms with Crippen molar-refractivity contribution in [1.82, 2.24) is 9.44 Å². The predicted molar refractivity (Wildman–Crippen MR) is 76.4 cm³/mol. The molecule has 0 spiro atoms. The molecule has 1 aromatic carbocycles. The molecule has 0 saturated carbocycles. The normalized spacial score (nSPS) is 12.8. The van der Waals surface area contributed by atoms with E-state index in [-0.39, 0.29) is 17.4 Å². The van der Waals surface area contributed by atoms with E-state index in [1.807, 2.05) is 13.8 Å². The van der Waals surface area contributed by atoms with Crippen LogP contribution in [0.25, 0.3) is 0 Å². The van der Waals surface area contributed by atoms with Crippen molar-refractivity contribution in [3.05, 3.63) is 29.8 Å². The molecule has 0 aliphatic heterocycles. The molecule has 4 N–H and O–H groups in total. The molecule has 0 aliphatic rings. The van der Waals surface area contributed by atoms with Gasteiger partial charge in [0.25, 0.3) is 10.2 Å². The zero-order valence-corrected chi connectivity index (χ0v) is 13.0.